The van der Waals surface area contributed by atoms with Crippen molar-refractivity contribution in [1.29, 1.82) is 0 Å². The van der Waals surface area contributed by atoms with Gasteiger partial charge in [0, 0.05) is 28.5 Å². The summed E-state index contributed by atoms with van der Waals surface area (Å²) in [5.74, 6) is 1.91. The van der Waals surface area contributed by atoms with Gasteiger partial charge in [0.15, 0.2) is 17.5 Å². The van der Waals surface area contributed by atoms with Crippen LogP contribution in [0.1, 0.15) is 0 Å². The highest BCUT2D eigenvalue weighted by atomic mass is 15.0. The minimum absolute atomic E-state index is 0.626. The number of benzene rings is 7. The molecule has 234 valence electrons. The van der Waals surface area contributed by atoms with Gasteiger partial charge in [-0.05, 0) is 68.1 Å². The molecule has 4 nitrogen and oxygen atoms in total. The molecule has 7 aromatic carbocycles. The summed E-state index contributed by atoms with van der Waals surface area (Å²) >= 11 is 0. The Morgan fingerprint density at radius 1 is 0.300 bits per heavy atom. The van der Waals surface area contributed by atoms with E-state index in [1.807, 2.05) is 85.1 Å². The molecular weight excluding hydrogens is 609 g/mol. The minimum Gasteiger partial charge on any atom is -0.256 e. The third-order valence-corrected chi connectivity index (χ3v) is 9.19. The summed E-state index contributed by atoms with van der Waals surface area (Å²) in [6.45, 7) is 0. The predicted octanol–water partition coefficient (Wildman–Crippen LogP) is 11.6. The third kappa shape index (κ3) is 5.49. The lowest BCUT2D eigenvalue weighted by Gasteiger charge is -2.17. The number of hydrogen-bond acceptors (Lipinski definition) is 4. The molecule has 0 aliphatic heterocycles. The standard InChI is InChI=1S/C46H30N4/c1-3-13-33(14-4-1)44-48-45(34-15-5-2-6-16-34)50-46(49-44)36-26-27-38(31-22-24-32(25-23-31)43-21-11-12-28-47-43)41(30-36)42-29-35-17-7-8-18-37(35)39-19-9-10-20-40(39)42/h1-30H. The molecule has 0 fully saturated rings. The second kappa shape index (κ2) is 12.7. The van der Waals surface area contributed by atoms with Crippen molar-refractivity contribution in [2.24, 2.45) is 0 Å². The van der Waals surface area contributed by atoms with Gasteiger partial charge in [-0.3, -0.25) is 4.98 Å². The number of pyridine rings is 1. The molecule has 50 heavy (non-hydrogen) atoms. The molecular formula is C46H30N4. The summed E-state index contributed by atoms with van der Waals surface area (Å²) in [4.78, 5) is 19.6. The summed E-state index contributed by atoms with van der Waals surface area (Å²) in [5, 5.41) is 4.85. The van der Waals surface area contributed by atoms with Crippen molar-refractivity contribution >= 4 is 21.5 Å². The van der Waals surface area contributed by atoms with E-state index in [1.165, 1.54) is 21.5 Å². The predicted molar refractivity (Wildman–Crippen MR) is 205 cm³/mol. The van der Waals surface area contributed by atoms with Crippen LogP contribution in [0.4, 0.5) is 0 Å². The van der Waals surface area contributed by atoms with E-state index in [-0.39, 0.29) is 0 Å². The van der Waals surface area contributed by atoms with Crippen molar-refractivity contribution in [1.82, 2.24) is 19.9 Å². The van der Waals surface area contributed by atoms with Gasteiger partial charge in [0.25, 0.3) is 0 Å². The van der Waals surface area contributed by atoms with Crippen LogP contribution >= 0.6 is 0 Å². The van der Waals surface area contributed by atoms with Crippen molar-refractivity contribution in [3.05, 3.63) is 182 Å². The van der Waals surface area contributed by atoms with E-state index in [2.05, 4.69) is 102 Å². The number of nitrogens with zero attached hydrogens (tertiary/aromatic N) is 4. The zero-order valence-electron chi connectivity index (χ0n) is 27.1. The van der Waals surface area contributed by atoms with Crippen molar-refractivity contribution in [2.45, 2.75) is 0 Å². The molecule has 0 amide bonds. The number of hydrogen-bond donors (Lipinski definition) is 0. The van der Waals surface area contributed by atoms with Crippen LogP contribution in [0.25, 0.3) is 89.2 Å². The molecule has 0 spiro atoms. The van der Waals surface area contributed by atoms with Crippen LogP contribution < -0.4 is 0 Å². The summed E-state index contributed by atoms with van der Waals surface area (Å²) < 4.78 is 0. The topological polar surface area (TPSA) is 51.6 Å². The first-order chi connectivity index (χ1) is 24.8. The molecule has 0 saturated heterocycles. The maximum Gasteiger partial charge on any atom is 0.164 e. The fourth-order valence-corrected chi connectivity index (χ4v) is 6.73. The van der Waals surface area contributed by atoms with E-state index in [1.54, 1.807) is 0 Å². The zero-order chi connectivity index (χ0) is 33.3. The Kier molecular flexibility index (Phi) is 7.45. The van der Waals surface area contributed by atoms with Crippen molar-refractivity contribution in [3.8, 4) is 67.7 Å². The smallest absolute Gasteiger partial charge is 0.164 e. The third-order valence-electron chi connectivity index (χ3n) is 9.19. The molecule has 2 heterocycles. The lowest BCUT2D eigenvalue weighted by atomic mass is 9.87. The van der Waals surface area contributed by atoms with Gasteiger partial charge in [0.1, 0.15) is 0 Å². The van der Waals surface area contributed by atoms with Crippen LogP contribution in [-0.2, 0) is 0 Å². The van der Waals surface area contributed by atoms with Gasteiger partial charge in [-0.15, -0.1) is 0 Å². The Labute approximate surface area is 290 Å². The summed E-state index contributed by atoms with van der Waals surface area (Å²) in [7, 11) is 0. The van der Waals surface area contributed by atoms with Gasteiger partial charge in [0.2, 0.25) is 0 Å². The van der Waals surface area contributed by atoms with E-state index >= 15 is 0 Å². The molecule has 0 atom stereocenters. The van der Waals surface area contributed by atoms with Gasteiger partial charge in [0.05, 0.1) is 5.69 Å². The highest BCUT2D eigenvalue weighted by Gasteiger charge is 2.18. The molecule has 0 bridgehead atoms. The van der Waals surface area contributed by atoms with Crippen molar-refractivity contribution in [2.75, 3.05) is 0 Å². The van der Waals surface area contributed by atoms with Gasteiger partial charge in [-0.25, -0.2) is 15.0 Å². The second-order valence-electron chi connectivity index (χ2n) is 12.3. The molecule has 0 saturated carbocycles. The van der Waals surface area contributed by atoms with E-state index in [9.17, 15) is 0 Å². The quantitative estimate of drug-likeness (QED) is 0.170. The first-order valence-electron chi connectivity index (χ1n) is 16.7. The maximum atomic E-state index is 5.06. The molecule has 4 heteroatoms. The van der Waals surface area contributed by atoms with Gasteiger partial charge < -0.3 is 0 Å². The molecule has 2 aromatic heterocycles. The average Bonchev–Trinajstić information content (AvgIpc) is 3.21. The van der Waals surface area contributed by atoms with E-state index < -0.39 is 0 Å². The Morgan fingerprint density at radius 2 is 0.840 bits per heavy atom. The van der Waals surface area contributed by atoms with Crippen molar-refractivity contribution in [3.63, 3.8) is 0 Å². The van der Waals surface area contributed by atoms with E-state index in [0.29, 0.717) is 17.5 Å². The van der Waals surface area contributed by atoms with Crippen LogP contribution in [0.2, 0.25) is 0 Å². The first kappa shape index (κ1) is 29.4. The second-order valence-corrected chi connectivity index (χ2v) is 12.3. The summed E-state index contributed by atoms with van der Waals surface area (Å²) in [6.07, 6.45) is 1.83. The highest BCUT2D eigenvalue weighted by Crippen LogP contribution is 2.41. The summed E-state index contributed by atoms with van der Waals surface area (Å²) in [5.41, 5.74) is 9.35. The Hall–Kier alpha value is -6.78. The first-order valence-corrected chi connectivity index (χ1v) is 16.7. The maximum absolute atomic E-state index is 5.06. The molecule has 0 unspecified atom stereocenters. The SMILES string of the molecule is c1ccc(-c2nc(-c3ccccc3)nc(-c3ccc(-c4ccc(-c5ccccn5)cc4)c(-c4cc5ccccc5c5ccccc45)c3)n2)cc1. The fraction of sp³-hybridized carbons (Fsp3) is 0. The van der Waals surface area contributed by atoms with Crippen LogP contribution in [0.15, 0.2) is 182 Å². The molecule has 0 aliphatic carbocycles. The summed E-state index contributed by atoms with van der Waals surface area (Å²) in [6, 6.07) is 61.1. The molecule has 0 aliphatic rings. The number of aromatic nitrogens is 4. The minimum atomic E-state index is 0.626. The van der Waals surface area contributed by atoms with Gasteiger partial charge in [-0.1, -0.05) is 152 Å². The normalized spacial score (nSPS) is 11.2. The Morgan fingerprint density at radius 3 is 1.50 bits per heavy atom. The van der Waals surface area contributed by atoms with E-state index in [4.69, 9.17) is 15.0 Å². The van der Waals surface area contributed by atoms with Crippen LogP contribution in [0.3, 0.4) is 0 Å². The highest BCUT2D eigenvalue weighted by molar-refractivity contribution is 6.15. The Bertz CT molecular complexity index is 2560. The average molecular weight is 639 g/mol. The van der Waals surface area contributed by atoms with Crippen LogP contribution in [0.5, 0.6) is 0 Å². The van der Waals surface area contributed by atoms with Crippen LogP contribution in [-0.4, -0.2) is 19.9 Å². The van der Waals surface area contributed by atoms with E-state index in [0.717, 1.165) is 50.2 Å². The number of fused-ring (bicyclic) bond motifs is 3. The molecule has 0 N–H and O–H groups in total. The van der Waals surface area contributed by atoms with Gasteiger partial charge in [-0.2, -0.15) is 0 Å². The largest absolute Gasteiger partial charge is 0.256 e. The fourth-order valence-electron chi connectivity index (χ4n) is 6.73. The van der Waals surface area contributed by atoms with Crippen molar-refractivity contribution < 1.29 is 0 Å². The van der Waals surface area contributed by atoms with Gasteiger partial charge >= 0.3 is 0 Å². The lowest BCUT2D eigenvalue weighted by Crippen LogP contribution is -2.00. The molecule has 9 rings (SSSR count). The zero-order valence-corrected chi connectivity index (χ0v) is 27.1. The lowest BCUT2D eigenvalue weighted by molar-refractivity contribution is 1.07. The molecule has 9 aromatic rings. The Balaban J connectivity index is 1.28. The molecule has 0 radical (unpaired) electrons. The van der Waals surface area contributed by atoms with Crippen LogP contribution in [0, 0.1) is 0 Å². The monoisotopic (exact) mass is 638 g/mol. The number of rotatable bonds is 6.